The Morgan fingerprint density at radius 2 is 0.871 bits per heavy atom. The Balaban J connectivity index is 3.52. The van der Waals surface area contributed by atoms with Crippen LogP contribution in [0, 0.1) is 0 Å². The van der Waals surface area contributed by atoms with E-state index in [4.69, 9.17) is 13.8 Å². The molecule has 0 fully saturated rings. The first-order chi connectivity index (χ1) is 30.3. The zero-order chi connectivity index (χ0) is 45.3. The van der Waals surface area contributed by atoms with E-state index in [1.165, 1.54) is 180 Å². The Morgan fingerprint density at radius 1 is 0.500 bits per heavy atom. The van der Waals surface area contributed by atoms with E-state index in [9.17, 15) is 24.2 Å². The first-order valence-electron chi connectivity index (χ1n) is 26.3. The second-order valence-electron chi connectivity index (χ2n) is 17.9. The number of unbranched alkanes of at least 4 members (excludes halogenated alkanes) is 33. The lowest BCUT2D eigenvalue weighted by Gasteiger charge is -2.15. The zero-order valence-corrected chi connectivity index (χ0v) is 41.5. The van der Waals surface area contributed by atoms with Gasteiger partial charge in [-0.3, -0.25) is 18.6 Å². The van der Waals surface area contributed by atoms with Gasteiger partial charge in [-0.05, 0) is 44.9 Å². The molecule has 0 aliphatic heterocycles. The molecule has 0 rings (SSSR count). The van der Waals surface area contributed by atoms with Crippen molar-refractivity contribution in [2.45, 2.75) is 270 Å². The number of hydrogen-bond acceptors (Lipinski definition) is 7. The summed E-state index contributed by atoms with van der Waals surface area (Å²) in [6.07, 6.45) is 55.5. The standard InChI is InChI=1S/C52H100NO8P/c1-3-5-7-9-11-13-15-17-19-21-23-24-25-26-27-28-30-32-34-36-38-40-42-44-51(55)53-46-47-60-62(57,58)61-49-50(54)48-59-52(56)45-43-41-39-37-35-33-31-29-22-20-18-16-14-12-10-8-6-4-2/h14,16,20,22,50,54H,3-13,15,17-19,21,23-49H2,1-2H3,(H,53,55)(H,57,58)/b16-14-,22-20-. The molecule has 0 aliphatic carbocycles. The summed E-state index contributed by atoms with van der Waals surface area (Å²) in [6, 6.07) is 0. The molecule has 9 nitrogen and oxygen atoms in total. The van der Waals surface area contributed by atoms with E-state index in [0.29, 0.717) is 6.42 Å². The van der Waals surface area contributed by atoms with E-state index in [1.807, 2.05) is 0 Å². The zero-order valence-electron chi connectivity index (χ0n) is 40.6. The van der Waals surface area contributed by atoms with E-state index >= 15 is 0 Å². The molecule has 0 aromatic carbocycles. The largest absolute Gasteiger partial charge is 0.472 e. The van der Waals surface area contributed by atoms with Gasteiger partial charge in [0.2, 0.25) is 5.91 Å². The molecule has 0 saturated heterocycles. The molecule has 0 radical (unpaired) electrons. The molecule has 2 unspecified atom stereocenters. The van der Waals surface area contributed by atoms with Crippen LogP contribution < -0.4 is 5.32 Å². The van der Waals surface area contributed by atoms with Crippen molar-refractivity contribution < 1.29 is 37.9 Å². The molecule has 0 heterocycles. The average molecular weight is 898 g/mol. The van der Waals surface area contributed by atoms with Crippen LogP contribution in [0.5, 0.6) is 0 Å². The molecule has 10 heteroatoms. The quantitative estimate of drug-likeness (QED) is 0.0238. The molecule has 366 valence electrons. The topological polar surface area (TPSA) is 131 Å². The fourth-order valence-electron chi connectivity index (χ4n) is 7.65. The van der Waals surface area contributed by atoms with Gasteiger partial charge in [-0.15, -0.1) is 0 Å². The van der Waals surface area contributed by atoms with Crippen molar-refractivity contribution in [3.05, 3.63) is 24.3 Å². The second-order valence-corrected chi connectivity index (χ2v) is 19.3. The molecule has 2 atom stereocenters. The van der Waals surface area contributed by atoms with Crippen LogP contribution in [0.15, 0.2) is 24.3 Å². The highest BCUT2D eigenvalue weighted by atomic mass is 31.2. The molecule has 0 aromatic heterocycles. The highest BCUT2D eigenvalue weighted by Gasteiger charge is 2.23. The maximum Gasteiger partial charge on any atom is 0.472 e. The number of carbonyl (C=O) groups excluding carboxylic acids is 2. The lowest BCUT2D eigenvalue weighted by molar-refractivity contribution is -0.147. The van der Waals surface area contributed by atoms with E-state index in [-0.39, 0.29) is 32.1 Å². The molecule has 0 aromatic rings. The maximum absolute atomic E-state index is 12.2. The van der Waals surface area contributed by atoms with Crippen LogP contribution in [-0.2, 0) is 27.9 Å². The second kappa shape index (κ2) is 48.9. The monoisotopic (exact) mass is 898 g/mol. The van der Waals surface area contributed by atoms with Gasteiger partial charge in [0.05, 0.1) is 13.2 Å². The highest BCUT2D eigenvalue weighted by Crippen LogP contribution is 2.42. The summed E-state index contributed by atoms with van der Waals surface area (Å²) in [5.74, 6) is -0.513. The van der Waals surface area contributed by atoms with Crippen molar-refractivity contribution in [3.63, 3.8) is 0 Å². The molecule has 1 amide bonds. The molecule has 62 heavy (non-hydrogen) atoms. The minimum atomic E-state index is -4.42. The predicted octanol–water partition coefficient (Wildman–Crippen LogP) is 15.5. The average Bonchev–Trinajstić information content (AvgIpc) is 3.26. The van der Waals surface area contributed by atoms with Gasteiger partial charge >= 0.3 is 13.8 Å². The number of hydrogen-bond donors (Lipinski definition) is 3. The third-order valence-corrected chi connectivity index (χ3v) is 12.6. The first-order valence-corrected chi connectivity index (χ1v) is 27.8. The first kappa shape index (κ1) is 60.5. The third kappa shape index (κ3) is 49.5. The van der Waals surface area contributed by atoms with Crippen LogP contribution in [0.3, 0.4) is 0 Å². The van der Waals surface area contributed by atoms with Gasteiger partial charge in [-0.25, -0.2) is 4.57 Å². The van der Waals surface area contributed by atoms with Gasteiger partial charge in [0.25, 0.3) is 0 Å². The minimum Gasteiger partial charge on any atom is -0.463 e. The number of aliphatic hydroxyl groups is 1. The van der Waals surface area contributed by atoms with Crippen LogP contribution in [0.25, 0.3) is 0 Å². The molecular weight excluding hydrogens is 798 g/mol. The van der Waals surface area contributed by atoms with Crippen LogP contribution >= 0.6 is 7.82 Å². The number of phosphoric ester groups is 1. The van der Waals surface area contributed by atoms with Gasteiger partial charge in [0.15, 0.2) is 0 Å². The number of allylic oxidation sites excluding steroid dienone is 4. The number of amides is 1. The molecular formula is C52H100NO8P. The normalized spacial score (nSPS) is 13.3. The Bertz CT molecular complexity index is 1070. The number of nitrogens with one attached hydrogen (secondary N) is 1. The van der Waals surface area contributed by atoms with Crippen molar-refractivity contribution in [3.8, 4) is 0 Å². The van der Waals surface area contributed by atoms with Crippen molar-refractivity contribution in [2.24, 2.45) is 0 Å². The van der Waals surface area contributed by atoms with Gasteiger partial charge < -0.3 is 20.1 Å². The van der Waals surface area contributed by atoms with Crippen molar-refractivity contribution in [1.82, 2.24) is 5.32 Å². The summed E-state index contributed by atoms with van der Waals surface area (Å²) in [4.78, 5) is 34.1. The molecule has 0 spiro atoms. The molecule has 0 aliphatic rings. The van der Waals surface area contributed by atoms with Crippen LogP contribution in [0.1, 0.15) is 264 Å². The fraction of sp³-hybridized carbons (Fsp3) is 0.885. The maximum atomic E-state index is 12.2. The summed E-state index contributed by atoms with van der Waals surface area (Å²) in [5, 5.41) is 12.8. The fourth-order valence-corrected chi connectivity index (χ4v) is 8.41. The number of phosphoric acid groups is 1. The molecule has 3 N–H and O–H groups in total. The van der Waals surface area contributed by atoms with E-state index in [0.717, 1.165) is 57.8 Å². The smallest absolute Gasteiger partial charge is 0.463 e. The Kier molecular flexibility index (Phi) is 47.7. The lowest BCUT2D eigenvalue weighted by atomic mass is 10.0. The van der Waals surface area contributed by atoms with Crippen LogP contribution in [-0.4, -0.2) is 54.3 Å². The van der Waals surface area contributed by atoms with Gasteiger partial charge in [-0.2, -0.15) is 0 Å². The van der Waals surface area contributed by atoms with Crippen molar-refractivity contribution in [1.29, 1.82) is 0 Å². The number of esters is 1. The van der Waals surface area contributed by atoms with Gasteiger partial charge in [0.1, 0.15) is 12.7 Å². The third-order valence-electron chi connectivity index (χ3n) is 11.6. The van der Waals surface area contributed by atoms with Crippen molar-refractivity contribution >= 4 is 19.7 Å². The van der Waals surface area contributed by atoms with E-state index in [2.05, 4.69) is 43.5 Å². The SMILES string of the molecule is CCCCCC/C=C\C/C=C\CCCCCCCCCC(=O)OCC(O)COP(=O)(O)OCCNC(=O)CCCCCCCCCCCCCCCCCCCCCCCCC. The van der Waals surface area contributed by atoms with Crippen molar-refractivity contribution in [2.75, 3.05) is 26.4 Å². The van der Waals surface area contributed by atoms with Gasteiger partial charge in [-0.1, -0.05) is 231 Å². The lowest BCUT2D eigenvalue weighted by Crippen LogP contribution is -2.27. The number of carbonyl (C=O) groups is 2. The summed E-state index contributed by atoms with van der Waals surface area (Å²) >= 11 is 0. The minimum absolute atomic E-state index is 0.0848. The summed E-state index contributed by atoms with van der Waals surface area (Å²) < 4.78 is 27.0. The van der Waals surface area contributed by atoms with E-state index < -0.39 is 26.5 Å². The Hall–Kier alpha value is -1.51. The summed E-state index contributed by atoms with van der Waals surface area (Å²) in [7, 11) is -4.42. The summed E-state index contributed by atoms with van der Waals surface area (Å²) in [5.41, 5.74) is 0. The molecule has 0 saturated carbocycles. The van der Waals surface area contributed by atoms with Gasteiger partial charge in [0, 0.05) is 19.4 Å². The van der Waals surface area contributed by atoms with E-state index in [1.54, 1.807) is 0 Å². The molecule has 0 bridgehead atoms. The number of ether oxygens (including phenoxy) is 1. The Labute approximate surface area is 382 Å². The van der Waals surface area contributed by atoms with Crippen LogP contribution in [0.4, 0.5) is 0 Å². The summed E-state index contributed by atoms with van der Waals surface area (Å²) in [6.45, 7) is 3.58. The highest BCUT2D eigenvalue weighted by molar-refractivity contribution is 7.47. The number of aliphatic hydroxyl groups excluding tert-OH is 1. The van der Waals surface area contributed by atoms with Crippen LogP contribution in [0.2, 0.25) is 0 Å². The predicted molar refractivity (Wildman–Crippen MR) is 261 cm³/mol. The number of rotatable bonds is 50. The Morgan fingerprint density at radius 3 is 1.31 bits per heavy atom.